The molecular weight excluding hydrogens is 277 g/mol. The van der Waals surface area contributed by atoms with E-state index in [-0.39, 0.29) is 16.8 Å². The van der Waals surface area contributed by atoms with Crippen LogP contribution >= 0.6 is 0 Å². The number of hydrogen-bond acceptors (Lipinski definition) is 5. The Kier molecular flexibility index (Phi) is 5.08. The van der Waals surface area contributed by atoms with Crippen LogP contribution in [0.3, 0.4) is 0 Å². The zero-order chi connectivity index (χ0) is 15.3. The Morgan fingerprint density at radius 1 is 1.48 bits per heavy atom. The SMILES string of the molecule is COCC1(CNc2c(F)cccc2[N+](=O)[O-])CCNCC1. The molecule has 1 saturated heterocycles. The summed E-state index contributed by atoms with van der Waals surface area (Å²) in [6, 6.07) is 3.87. The number of nitrogens with one attached hydrogen (secondary N) is 2. The zero-order valence-electron chi connectivity index (χ0n) is 12.0. The van der Waals surface area contributed by atoms with Crippen LogP contribution in [-0.2, 0) is 4.74 Å². The van der Waals surface area contributed by atoms with Crippen LogP contribution in [0.25, 0.3) is 0 Å². The number of hydrogen-bond donors (Lipinski definition) is 2. The van der Waals surface area contributed by atoms with Crippen LogP contribution in [0.1, 0.15) is 12.8 Å². The maximum Gasteiger partial charge on any atom is 0.295 e. The van der Waals surface area contributed by atoms with Gasteiger partial charge in [0.05, 0.1) is 11.5 Å². The molecule has 0 atom stereocenters. The van der Waals surface area contributed by atoms with Crippen molar-refractivity contribution in [2.75, 3.05) is 38.7 Å². The van der Waals surface area contributed by atoms with Crippen molar-refractivity contribution in [2.24, 2.45) is 5.41 Å². The summed E-state index contributed by atoms with van der Waals surface area (Å²) < 4.78 is 19.2. The molecule has 0 aliphatic carbocycles. The summed E-state index contributed by atoms with van der Waals surface area (Å²) in [6.45, 7) is 2.73. The molecule has 1 aliphatic rings. The molecule has 0 amide bonds. The molecule has 6 nitrogen and oxygen atoms in total. The third-order valence-corrected chi connectivity index (χ3v) is 3.94. The van der Waals surface area contributed by atoms with E-state index in [1.165, 1.54) is 18.2 Å². The van der Waals surface area contributed by atoms with Gasteiger partial charge in [0, 0.05) is 25.1 Å². The number of rotatable bonds is 6. The fourth-order valence-corrected chi connectivity index (χ4v) is 2.75. The molecule has 0 aromatic heterocycles. The van der Waals surface area contributed by atoms with E-state index in [0.29, 0.717) is 13.2 Å². The third kappa shape index (κ3) is 3.68. The Balaban J connectivity index is 2.16. The lowest BCUT2D eigenvalue weighted by Crippen LogP contribution is -2.44. The molecule has 0 unspecified atom stereocenters. The van der Waals surface area contributed by atoms with E-state index in [1.54, 1.807) is 7.11 Å². The highest BCUT2D eigenvalue weighted by Crippen LogP contribution is 2.32. The Bertz CT molecular complexity index is 499. The Morgan fingerprint density at radius 2 is 2.19 bits per heavy atom. The number of benzene rings is 1. The van der Waals surface area contributed by atoms with Gasteiger partial charge in [0.2, 0.25) is 0 Å². The van der Waals surface area contributed by atoms with Crippen molar-refractivity contribution in [3.05, 3.63) is 34.1 Å². The van der Waals surface area contributed by atoms with Crippen LogP contribution in [0.15, 0.2) is 18.2 Å². The minimum Gasteiger partial charge on any atom is -0.384 e. The Morgan fingerprint density at radius 3 is 2.81 bits per heavy atom. The lowest BCUT2D eigenvalue weighted by molar-refractivity contribution is -0.384. The van der Waals surface area contributed by atoms with E-state index in [1.807, 2.05) is 0 Å². The van der Waals surface area contributed by atoms with Gasteiger partial charge >= 0.3 is 0 Å². The molecule has 2 N–H and O–H groups in total. The summed E-state index contributed by atoms with van der Waals surface area (Å²) in [7, 11) is 1.63. The number of methoxy groups -OCH3 is 1. The molecule has 1 fully saturated rings. The van der Waals surface area contributed by atoms with E-state index in [4.69, 9.17) is 4.74 Å². The minimum atomic E-state index is -0.606. The number of anilines is 1. The van der Waals surface area contributed by atoms with Crippen LogP contribution in [0, 0.1) is 21.3 Å². The molecule has 1 aromatic carbocycles. The molecule has 0 saturated carbocycles. The molecule has 0 bridgehead atoms. The highest BCUT2D eigenvalue weighted by Gasteiger charge is 2.33. The van der Waals surface area contributed by atoms with Crippen LogP contribution in [0.2, 0.25) is 0 Å². The number of piperidine rings is 1. The molecule has 0 spiro atoms. The van der Waals surface area contributed by atoms with Gasteiger partial charge in [-0.1, -0.05) is 6.07 Å². The monoisotopic (exact) mass is 297 g/mol. The van der Waals surface area contributed by atoms with Crippen LogP contribution in [0.5, 0.6) is 0 Å². The van der Waals surface area contributed by atoms with Gasteiger partial charge in [0.15, 0.2) is 5.82 Å². The number of nitro groups is 1. The van der Waals surface area contributed by atoms with E-state index in [0.717, 1.165) is 25.9 Å². The second kappa shape index (κ2) is 6.82. The average molecular weight is 297 g/mol. The predicted molar refractivity (Wildman–Crippen MR) is 78.0 cm³/mol. The van der Waals surface area contributed by atoms with E-state index < -0.39 is 10.7 Å². The van der Waals surface area contributed by atoms with Crippen molar-refractivity contribution < 1.29 is 14.1 Å². The topological polar surface area (TPSA) is 76.4 Å². The normalized spacial score (nSPS) is 17.4. The van der Waals surface area contributed by atoms with Crippen molar-refractivity contribution in [3.8, 4) is 0 Å². The van der Waals surface area contributed by atoms with Gasteiger partial charge in [-0.05, 0) is 32.0 Å². The van der Waals surface area contributed by atoms with Crippen molar-refractivity contribution >= 4 is 11.4 Å². The molecule has 0 radical (unpaired) electrons. The highest BCUT2D eigenvalue weighted by atomic mass is 19.1. The molecule has 2 rings (SSSR count). The van der Waals surface area contributed by atoms with Crippen molar-refractivity contribution in [1.82, 2.24) is 5.32 Å². The predicted octanol–water partition coefficient (Wildman–Crippen LogP) is 2.16. The Labute approximate surface area is 122 Å². The number of ether oxygens (including phenoxy) is 1. The van der Waals surface area contributed by atoms with Crippen LogP contribution < -0.4 is 10.6 Å². The third-order valence-electron chi connectivity index (χ3n) is 3.94. The number of nitrogens with zero attached hydrogens (tertiary/aromatic N) is 1. The number of nitro benzene ring substituents is 1. The largest absolute Gasteiger partial charge is 0.384 e. The van der Waals surface area contributed by atoms with Gasteiger partial charge in [0.25, 0.3) is 5.69 Å². The van der Waals surface area contributed by atoms with Gasteiger partial charge < -0.3 is 15.4 Å². The smallest absolute Gasteiger partial charge is 0.295 e. The minimum absolute atomic E-state index is 0.0449. The molecule has 7 heteroatoms. The second-order valence-electron chi connectivity index (χ2n) is 5.43. The second-order valence-corrected chi connectivity index (χ2v) is 5.43. The lowest BCUT2D eigenvalue weighted by Gasteiger charge is -2.37. The summed E-state index contributed by atoms with van der Waals surface area (Å²) >= 11 is 0. The maximum absolute atomic E-state index is 13.9. The zero-order valence-corrected chi connectivity index (χ0v) is 12.0. The van der Waals surface area contributed by atoms with Crippen molar-refractivity contribution in [3.63, 3.8) is 0 Å². The average Bonchev–Trinajstić information content (AvgIpc) is 2.47. The molecular formula is C14H20FN3O3. The first kappa shape index (κ1) is 15.7. The quantitative estimate of drug-likeness (QED) is 0.621. The van der Waals surface area contributed by atoms with Crippen molar-refractivity contribution in [2.45, 2.75) is 12.8 Å². The van der Waals surface area contributed by atoms with Crippen molar-refractivity contribution in [1.29, 1.82) is 0 Å². The first-order chi connectivity index (χ1) is 10.1. The fraction of sp³-hybridized carbons (Fsp3) is 0.571. The first-order valence-electron chi connectivity index (χ1n) is 6.94. The summed E-state index contributed by atoms with van der Waals surface area (Å²) in [5.74, 6) is -0.606. The number of para-hydroxylation sites is 1. The first-order valence-corrected chi connectivity index (χ1v) is 6.94. The summed E-state index contributed by atoms with van der Waals surface area (Å²) in [5, 5.41) is 17.2. The summed E-state index contributed by atoms with van der Waals surface area (Å²) in [6.07, 6.45) is 1.77. The van der Waals surface area contributed by atoms with E-state index >= 15 is 0 Å². The van der Waals surface area contributed by atoms with Crippen LogP contribution in [-0.4, -0.2) is 38.3 Å². The Hall–Kier alpha value is -1.73. The maximum atomic E-state index is 13.9. The molecule has 21 heavy (non-hydrogen) atoms. The van der Waals surface area contributed by atoms with Gasteiger partial charge in [-0.2, -0.15) is 0 Å². The molecule has 1 aliphatic heterocycles. The van der Waals surface area contributed by atoms with Gasteiger partial charge in [-0.25, -0.2) is 4.39 Å². The molecule has 1 aromatic rings. The molecule has 116 valence electrons. The van der Waals surface area contributed by atoms with Gasteiger partial charge in [-0.3, -0.25) is 10.1 Å². The van der Waals surface area contributed by atoms with E-state index in [2.05, 4.69) is 10.6 Å². The fourth-order valence-electron chi connectivity index (χ4n) is 2.75. The number of halogens is 1. The van der Waals surface area contributed by atoms with Gasteiger partial charge in [-0.15, -0.1) is 0 Å². The van der Waals surface area contributed by atoms with E-state index in [9.17, 15) is 14.5 Å². The summed E-state index contributed by atoms with van der Waals surface area (Å²) in [4.78, 5) is 10.4. The van der Waals surface area contributed by atoms with Crippen LogP contribution in [0.4, 0.5) is 15.8 Å². The highest BCUT2D eigenvalue weighted by molar-refractivity contribution is 5.62. The molecule has 1 heterocycles. The lowest BCUT2D eigenvalue weighted by atomic mass is 9.79. The standard InChI is InChI=1S/C14H20FN3O3/c1-21-10-14(5-7-16-8-6-14)9-17-13-11(15)3-2-4-12(13)18(19)20/h2-4,16-17H,5-10H2,1H3. The summed E-state index contributed by atoms with van der Waals surface area (Å²) in [5.41, 5.74) is -0.413. The van der Waals surface area contributed by atoms with Gasteiger partial charge in [0.1, 0.15) is 5.69 Å².